The van der Waals surface area contributed by atoms with Gasteiger partial charge in [-0.1, -0.05) is 57.7 Å². The van der Waals surface area contributed by atoms with Gasteiger partial charge in [0.05, 0.1) is 0 Å². The molecule has 0 heterocycles. The molecule has 117 valence electrons. The molecule has 0 aliphatic heterocycles. The minimum absolute atomic E-state index is 0.234. The maximum Gasteiger partial charge on any atom is 0.0252 e. The summed E-state index contributed by atoms with van der Waals surface area (Å²) >= 11 is 0. The average Bonchev–Trinajstić information content (AvgIpc) is 2.51. The fourth-order valence-corrected chi connectivity index (χ4v) is 3.40. The van der Waals surface area contributed by atoms with E-state index in [1.165, 1.54) is 24.0 Å². The van der Waals surface area contributed by atoms with Crippen LogP contribution in [0, 0.1) is 18.8 Å². The zero-order chi connectivity index (χ0) is 16.7. The van der Waals surface area contributed by atoms with Crippen LogP contribution < -0.4 is 0 Å². The summed E-state index contributed by atoms with van der Waals surface area (Å²) in [6, 6.07) is 14.8. The number of fused-ring (bicyclic) bond motifs is 1. The van der Waals surface area contributed by atoms with Gasteiger partial charge < -0.3 is 0 Å². The highest BCUT2D eigenvalue weighted by Gasteiger charge is 2.36. The third-order valence-electron chi connectivity index (χ3n) is 5.16. The third-order valence-corrected chi connectivity index (χ3v) is 5.16. The van der Waals surface area contributed by atoms with Gasteiger partial charge >= 0.3 is 0 Å². The first-order valence-electron chi connectivity index (χ1n) is 8.37. The predicted octanol–water partition coefficient (Wildman–Crippen LogP) is 5.62. The van der Waals surface area contributed by atoms with E-state index in [9.17, 15) is 0 Å². The van der Waals surface area contributed by atoms with Crippen molar-refractivity contribution in [3.05, 3.63) is 77.2 Å². The first-order chi connectivity index (χ1) is 10.8. The second-order valence-electron chi connectivity index (χ2n) is 7.98. The van der Waals surface area contributed by atoms with Crippen LogP contribution in [0.4, 0.5) is 0 Å². The normalized spacial score (nSPS) is 17.8. The van der Waals surface area contributed by atoms with Crippen molar-refractivity contribution >= 4 is 0 Å². The van der Waals surface area contributed by atoms with Gasteiger partial charge in [-0.15, -0.1) is 0 Å². The van der Waals surface area contributed by atoms with Crippen LogP contribution in [0.1, 0.15) is 68.4 Å². The SMILES string of the molecule is [CH2]c1ccc(C#Cc2ccc3c(c2)C(C)(C)CCC3(C)C)cc1. The lowest BCUT2D eigenvalue weighted by Gasteiger charge is -2.41. The second-order valence-corrected chi connectivity index (χ2v) is 7.98. The van der Waals surface area contributed by atoms with Gasteiger partial charge in [-0.2, -0.15) is 0 Å². The van der Waals surface area contributed by atoms with Crippen LogP contribution in [0.3, 0.4) is 0 Å². The summed E-state index contributed by atoms with van der Waals surface area (Å²) in [5.41, 5.74) is 6.62. The smallest absolute Gasteiger partial charge is 0.0252 e. The average molecular weight is 301 g/mol. The number of benzene rings is 2. The summed E-state index contributed by atoms with van der Waals surface area (Å²) in [6.45, 7) is 13.3. The molecular weight excluding hydrogens is 276 g/mol. The summed E-state index contributed by atoms with van der Waals surface area (Å²) in [4.78, 5) is 0. The third kappa shape index (κ3) is 3.20. The first-order valence-corrected chi connectivity index (χ1v) is 8.37. The molecule has 0 amide bonds. The number of hydrogen-bond acceptors (Lipinski definition) is 0. The molecule has 0 fully saturated rings. The molecule has 0 unspecified atom stereocenters. The Bertz CT molecular complexity index is 777. The number of hydrogen-bond donors (Lipinski definition) is 0. The summed E-state index contributed by atoms with van der Waals surface area (Å²) in [6.07, 6.45) is 2.48. The molecule has 0 aromatic heterocycles. The van der Waals surface area contributed by atoms with Gasteiger partial charge in [0.15, 0.2) is 0 Å². The van der Waals surface area contributed by atoms with Crippen molar-refractivity contribution in [2.24, 2.45) is 0 Å². The Kier molecular flexibility index (Phi) is 3.85. The second kappa shape index (κ2) is 5.57. The van der Waals surface area contributed by atoms with Gasteiger partial charge in [0.25, 0.3) is 0 Å². The first kappa shape index (κ1) is 15.9. The summed E-state index contributed by atoms with van der Waals surface area (Å²) in [7, 11) is 0. The molecule has 0 bridgehead atoms. The number of rotatable bonds is 0. The maximum atomic E-state index is 3.91. The molecule has 0 atom stereocenters. The van der Waals surface area contributed by atoms with Crippen LogP contribution in [-0.4, -0.2) is 0 Å². The molecule has 1 aliphatic carbocycles. The Morgan fingerprint density at radius 3 is 1.91 bits per heavy atom. The minimum atomic E-state index is 0.234. The Balaban J connectivity index is 1.99. The van der Waals surface area contributed by atoms with Crippen LogP contribution in [-0.2, 0) is 10.8 Å². The molecule has 1 radical (unpaired) electrons. The monoisotopic (exact) mass is 301 g/mol. The van der Waals surface area contributed by atoms with Crippen molar-refractivity contribution in [2.45, 2.75) is 51.4 Å². The highest BCUT2D eigenvalue weighted by atomic mass is 14.4. The fraction of sp³-hybridized carbons (Fsp3) is 0.348. The molecule has 2 aromatic carbocycles. The minimum Gasteiger partial charge on any atom is -0.0617 e. The van der Waals surface area contributed by atoms with Crippen molar-refractivity contribution < 1.29 is 0 Å². The molecular formula is C23H25. The molecule has 3 rings (SSSR count). The summed E-state index contributed by atoms with van der Waals surface area (Å²) in [5, 5.41) is 0. The Morgan fingerprint density at radius 1 is 0.739 bits per heavy atom. The van der Waals surface area contributed by atoms with Gasteiger partial charge in [-0.25, -0.2) is 0 Å². The highest BCUT2D eigenvalue weighted by molar-refractivity contribution is 5.50. The van der Waals surface area contributed by atoms with E-state index in [4.69, 9.17) is 0 Å². The lowest BCUT2D eigenvalue weighted by molar-refractivity contribution is 0.332. The van der Waals surface area contributed by atoms with E-state index in [0.29, 0.717) is 0 Å². The van der Waals surface area contributed by atoms with E-state index >= 15 is 0 Å². The van der Waals surface area contributed by atoms with Gasteiger partial charge in [0.1, 0.15) is 0 Å². The maximum absolute atomic E-state index is 3.91. The van der Waals surface area contributed by atoms with E-state index in [-0.39, 0.29) is 10.8 Å². The fourth-order valence-electron chi connectivity index (χ4n) is 3.40. The molecule has 23 heavy (non-hydrogen) atoms. The molecule has 1 aliphatic rings. The predicted molar refractivity (Wildman–Crippen MR) is 98.6 cm³/mol. The molecule has 0 spiro atoms. The van der Waals surface area contributed by atoms with Crippen molar-refractivity contribution in [2.75, 3.05) is 0 Å². The van der Waals surface area contributed by atoms with Crippen LogP contribution in [0.25, 0.3) is 0 Å². The summed E-state index contributed by atoms with van der Waals surface area (Å²) < 4.78 is 0. The van der Waals surface area contributed by atoms with E-state index in [1.54, 1.807) is 0 Å². The van der Waals surface area contributed by atoms with E-state index in [1.807, 2.05) is 24.3 Å². The van der Waals surface area contributed by atoms with Crippen LogP contribution in [0.5, 0.6) is 0 Å². The quantitative estimate of drug-likeness (QED) is 0.554. The van der Waals surface area contributed by atoms with Gasteiger partial charge in [-0.05, 0) is 71.6 Å². The Labute approximate surface area is 140 Å². The Morgan fingerprint density at radius 2 is 1.26 bits per heavy atom. The van der Waals surface area contributed by atoms with E-state index < -0.39 is 0 Å². The van der Waals surface area contributed by atoms with Gasteiger partial charge in [0, 0.05) is 11.1 Å². The molecule has 2 aromatic rings. The lowest BCUT2D eigenvalue weighted by Crippen LogP contribution is -2.33. The standard InChI is InChI=1S/C23H25/c1-17-6-8-18(9-7-17)10-11-19-12-13-20-21(16-19)23(4,5)15-14-22(20,2)3/h6-9,12-13,16H,1,14-15H2,2-5H3. The van der Waals surface area contributed by atoms with Crippen molar-refractivity contribution in [3.63, 3.8) is 0 Å². The largest absolute Gasteiger partial charge is 0.0617 e. The van der Waals surface area contributed by atoms with E-state index in [0.717, 1.165) is 16.7 Å². The zero-order valence-electron chi connectivity index (χ0n) is 14.7. The topological polar surface area (TPSA) is 0 Å². The van der Waals surface area contributed by atoms with Crippen LogP contribution >= 0.6 is 0 Å². The Hall–Kier alpha value is -2.00. The highest BCUT2D eigenvalue weighted by Crippen LogP contribution is 2.45. The van der Waals surface area contributed by atoms with Gasteiger partial charge in [-0.3, -0.25) is 0 Å². The lowest BCUT2D eigenvalue weighted by atomic mass is 9.63. The molecule has 0 nitrogen and oxygen atoms in total. The molecule has 0 heteroatoms. The van der Waals surface area contributed by atoms with Gasteiger partial charge in [0.2, 0.25) is 0 Å². The van der Waals surface area contributed by atoms with Crippen molar-refractivity contribution in [1.82, 2.24) is 0 Å². The van der Waals surface area contributed by atoms with E-state index in [2.05, 4.69) is 64.7 Å². The molecule has 0 N–H and O–H groups in total. The van der Waals surface area contributed by atoms with Crippen molar-refractivity contribution in [1.29, 1.82) is 0 Å². The van der Waals surface area contributed by atoms with Crippen LogP contribution in [0.2, 0.25) is 0 Å². The summed E-state index contributed by atoms with van der Waals surface area (Å²) in [5.74, 6) is 6.59. The zero-order valence-corrected chi connectivity index (χ0v) is 14.7. The van der Waals surface area contributed by atoms with Crippen LogP contribution in [0.15, 0.2) is 42.5 Å². The molecule has 0 saturated carbocycles. The van der Waals surface area contributed by atoms with Crippen molar-refractivity contribution in [3.8, 4) is 11.8 Å². The molecule has 0 saturated heterocycles.